The first-order chi connectivity index (χ1) is 3.06. The second-order valence-corrected chi connectivity index (χ2v) is 2.27. The van der Waals surface area contributed by atoms with Gasteiger partial charge in [-0.3, -0.25) is 0 Å². The molecule has 0 fully saturated rings. The van der Waals surface area contributed by atoms with Gasteiger partial charge in [-0.2, -0.15) is 0 Å². The van der Waals surface area contributed by atoms with Crippen molar-refractivity contribution in [2.24, 2.45) is 0 Å². The van der Waals surface area contributed by atoms with Crippen LogP contribution in [0.4, 0.5) is 0 Å². The zero-order chi connectivity index (χ0) is 5.91. The fraction of sp³-hybridized carbons (Fsp3) is 0.833. The Kier molecular flexibility index (Phi) is 2.30. The summed E-state index contributed by atoms with van der Waals surface area (Å²) in [5.74, 6) is 0. The smallest absolute Gasteiger partial charge is 0.0623 e. The van der Waals surface area contributed by atoms with Gasteiger partial charge in [0, 0.05) is 0 Å². The minimum atomic E-state index is -0.575. The summed E-state index contributed by atoms with van der Waals surface area (Å²) in [4.78, 5) is 0. The fourth-order valence-electron chi connectivity index (χ4n) is 0.500. The summed E-state index contributed by atoms with van der Waals surface area (Å²) in [7, 11) is 0. The van der Waals surface area contributed by atoms with Crippen molar-refractivity contribution in [2.45, 2.75) is 32.8 Å². The lowest BCUT2D eigenvalue weighted by atomic mass is 10.0. The topological polar surface area (TPSA) is 20.2 Å². The maximum atomic E-state index is 8.96. The zero-order valence-corrected chi connectivity index (χ0v) is 5.23. The molecule has 7 heavy (non-hydrogen) atoms. The molecule has 1 radical (unpaired) electrons. The van der Waals surface area contributed by atoms with Crippen molar-refractivity contribution >= 4 is 0 Å². The van der Waals surface area contributed by atoms with Gasteiger partial charge in [0.15, 0.2) is 0 Å². The standard InChI is InChI=1S/C6H13O/c1-4-5-6(2,3)7/h5,7H,4H2,1-3H3. The Hall–Kier alpha value is -0.0400. The van der Waals surface area contributed by atoms with E-state index in [0.29, 0.717) is 0 Å². The van der Waals surface area contributed by atoms with Crippen molar-refractivity contribution in [3.05, 3.63) is 6.42 Å². The third-order valence-electron chi connectivity index (χ3n) is 0.704. The fourth-order valence-corrected chi connectivity index (χ4v) is 0.500. The van der Waals surface area contributed by atoms with Crippen LogP contribution in [0.2, 0.25) is 0 Å². The Morgan fingerprint density at radius 3 is 2.00 bits per heavy atom. The monoisotopic (exact) mass is 101 g/mol. The van der Waals surface area contributed by atoms with E-state index in [0.717, 1.165) is 6.42 Å². The second kappa shape index (κ2) is 2.31. The summed E-state index contributed by atoms with van der Waals surface area (Å²) in [6.07, 6.45) is 2.80. The average molecular weight is 101 g/mol. The highest BCUT2D eigenvalue weighted by Crippen LogP contribution is 2.06. The predicted molar refractivity (Wildman–Crippen MR) is 30.9 cm³/mol. The Morgan fingerprint density at radius 1 is 1.57 bits per heavy atom. The molecular weight excluding hydrogens is 88.1 g/mol. The van der Waals surface area contributed by atoms with Crippen LogP contribution in [0.15, 0.2) is 0 Å². The number of hydrogen-bond acceptors (Lipinski definition) is 1. The van der Waals surface area contributed by atoms with Gasteiger partial charge in [0.25, 0.3) is 0 Å². The van der Waals surface area contributed by atoms with E-state index in [2.05, 4.69) is 0 Å². The molecule has 1 nitrogen and oxygen atoms in total. The van der Waals surface area contributed by atoms with Gasteiger partial charge in [-0.1, -0.05) is 13.3 Å². The Labute approximate surface area is 45.4 Å². The molecule has 0 aliphatic heterocycles. The predicted octanol–water partition coefficient (Wildman–Crippen LogP) is 1.37. The molecule has 0 saturated heterocycles. The maximum absolute atomic E-state index is 8.96. The third kappa shape index (κ3) is 5.96. The van der Waals surface area contributed by atoms with Crippen LogP contribution in [0.1, 0.15) is 27.2 Å². The first-order valence-electron chi connectivity index (χ1n) is 2.63. The van der Waals surface area contributed by atoms with Gasteiger partial charge in [0.05, 0.1) is 5.60 Å². The van der Waals surface area contributed by atoms with Gasteiger partial charge in [0.2, 0.25) is 0 Å². The minimum Gasteiger partial charge on any atom is -0.390 e. The number of hydrogen-bond donors (Lipinski definition) is 1. The molecule has 0 atom stereocenters. The van der Waals surface area contributed by atoms with Crippen molar-refractivity contribution in [2.75, 3.05) is 0 Å². The summed E-state index contributed by atoms with van der Waals surface area (Å²) in [6, 6.07) is 0. The molecule has 0 aromatic carbocycles. The number of aliphatic hydroxyl groups is 1. The molecule has 0 heterocycles. The molecule has 0 aromatic heterocycles. The molecule has 0 saturated carbocycles. The van der Waals surface area contributed by atoms with E-state index >= 15 is 0 Å². The highest BCUT2D eigenvalue weighted by molar-refractivity contribution is 4.81. The first kappa shape index (κ1) is 6.96. The summed E-state index contributed by atoms with van der Waals surface area (Å²) < 4.78 is 0. The van der Waals surface area contributed by atoms with Crippen LogP contribution < -0.4 is 0 Å². The van der Waals surface area contributed by atoms with Crippen LogP contribution in [-0.4, -0.2) is 10.7 Å². The van der Waals surface area contributed by atoms with E-state index in [4.69, 9.17) is 5.11 Å². The van der Waals surface area contributed by atoms with Crippen molar-refractivity contribution < 1.29 is 5.11 Å². The van der Waals surface area contributed by atoms with Gasteiger partial charge < -0.3 is 5.11 Å². The molecule has 43 valence electrons. The van der Waals surface area contributed by atoms with E-state index in [-0.39, 0.29) is 0 Å². The highest BCUT2D eigenvalue weighted by atomic mass is 16.3. The zero-order valence-electron chi connectivity index (χ0n) is 5.23. The molecule has 0 bridgehead atoms. The molecule has 0 unspecified atom stereocenters. The average Bonchev–Trinajstić information content (AvgIpc) is 1.30. The van der Waals surface area contributed by atoms with Gasteiger partial charge in [-0.25, -0.2) is 0 Å². The van der Waals surface area contributed by atoms with Gasteiger partial charge >= 0.3 is 0 Å². The normalized spacial score (nSPS) is 12.0. The van der Waals surface area contributed by atoms with Crippen LogP contribution >= 0.6 is 0 Å². The van der Waals surface area contributed by atoms with E-state index in [9.17, 15) is 0 Å². The number of rotatable bonds is 2. The maximum Gasteiger partial charge on any atom is 0.0623 e. The second-order valence-electron chi connectivity index (χ2n) is 2.27. The van der Waals surface area contributed by atoms with Crippen LogP contribution in [-0.2, 0) is 0 Å². The Bertz CT molecular complexity index is 42.6. The van der Waals surface area contributed by atoms with Crippen LogP contribution in [0.5, 0.6) is 0 Å². The molecule has 0 aliphatic carbocycles. The largest absolute Gasteiger partial charge is 0.390 e. The third-order valence-corrected chi connectivity index (χ3v) is 0.704. The molecule has 0 aromatic rings. The molecule has 0 rings (SSSR count). The Balaban J connectivity index is 3.15. The van der Waals surface area contributed by atoms with Gasteiger partial charge in [0.1, 0.15) is 0 Å². The highest BCUT2D eigenvalue weighted by Gasteiger charge is 2.08. The molecule has 0 spiro atoms. The summed E-state index contributed by atoms with van der Waals surface area (Å²) in [6.45, 7) is 5.56. The van der Waals surface area contributed by atoms with E-state index in [1.54, 1.807) is 13.8 Å². The van der Waals surface area contributed by atoms with Crippen LogP contribution in [0, 0.1) is 6.42 Å². The quantitative estimate of drug-likeness (QED) is 0.557. The minimum absolute atomic E-state index is 0.575. The molecule has 0 amide bonds. The van der Waals surface area contributed by atoms with E-state index < -0.39 is 5.60 Å². The van der Waals surface area contributed by atoms with Crippen LogP contribution in [0.25, 0.3) is 0 Å². The van der Waals surface area contributed by atoms with Crippen LogP contribution in [0.3, 0.4) is 0 Å². The van der Waals surface area contributed by atoms with Gasteiger partial charge in [-0.15, -0.1) is 0 Å². The molecule has 1 heteroatoms. The van der Waals surface area contributed by atoms with Gasteiger partial charge in [-0.05, 0) is 20.3 Å². The first-order valence-corrected chi connectivity index (χ1v) is 2.63. The lowest BCUT2D eigenvalue weighted by molar-refractivity contribution is 0.112. The summed E-state index contributed by atoms with van der Waals surface area (Å²) in [5.41, 5.74) is -0.575. The Morgan fingerprint density at radius 2 is 2.00 bits per heavy atom. The molecule has 1 N–H and O–H groups in total. The van der Waals surface area contributed by atoms with Crippen molar-refractivity contribution in [3.8, 4) is 0 Å². The summed E-state index contributed by atoms with van der Waals surface area (Å²) >= 11 is 0. The van der Waals surface area contributed by atoms with E-state index in [1.807, 2.05) is 13.3 Å². The SMILES string of the molecule is CC[CH]C(C)(C)O. The lowest BCUT2D eigenvalue weighted by Crippen LogP contribution is -2.17. The summed E-state index contributed by atoms with van der Waals surface area (Å²) in [5, 5.41) is 8.96. The van der Waals surface area contributed by atoms with E-state index in [1.165, 1.54) is 0 Å². The van der Waals surface area contributed by atoms with Crippen molar-refractivity contribution in [1.82, 2.24) is 0 Å². The van der Waals surface area contributed by atoms with Crippen molar-refractivity contribution in [1.29, 1.82) is 0 Å². The molecule has 0 aliphatic rings. The molecular formula is C6H13O. The van der Waals surface area contributed by atoms with Crippen molar-refractivity contribution in [3.63, 3.8) is 0 Å². The lowest BCUT2D eigenvalue weighted by Gasteiger charge is -2.13.